The SMILES string of the molecule is CSC1(CNS(=O)(=O)CCCCl)CCCCC1. The lowest BCUT2D eigenvalue weighted by Crippen LogP contribution is -2.42. The van der Waals surface area contributed by atoms with Gasteiger partial charge >= 0.3 is 0 Å². The normalized spacial score (nSPS) is 20.4. The van der Waals surface area contributed by atoms with Gasteiger partial charge in [0, 0.05) is 17.2 Å². The Morgan fingerprint density at radius 3 is 2.47 bits per heavy atom. The molecule has 0 spiro atoms. The largest absolute Gasteiger partial charge is 0.214 e. The molecule has 1 aliphatic rings. The van der Waals surface area contributed by atoms with Crippen LogP contribution in [0.25, 0.3) is 0 Å². The van der Waals surface area contributed by atoms with Crippen molar-refractivity contribution < 1.29 is 8.42 Å². The van der Waals surface area contributed by atoms with Crippen molar-refractivity contribution in [2.24, 2.45) is 0 Å². The maximum atomic E-state index is 11.7. The first-order chi connectivity index (χ1) is 8.04. The minimum Gasteiger partial charge on any atom is -0.214 e. The van der Waals surface area contributed by atoms with Crippen molar-refractivity contribution in [3.63, 3.8) is 0 Å². The molecule has 0 amide bonds. The van der Waals surface area contributed by atoms with Crippen molar-refractivity contribution in [3.05, 3.63) is 0 Å². The van der Waals surface area contributed by atoms with Crippen molar-refractivity contribution in [1.29, 1.82) is 0 Å². The molecule has 0 aromatic carbocycles. The van der Waals surface area contributed by atoms with Crippen LogP contribution in [0.3, 0.4) is 0 Å². The predicted octanol–water partition coefficient (Wildman–Crippen LogP) is 2.60. The van der Waals surface area contributed by atoms with Gasteiger partial charge in [0.25, 0.3) is 0 Å². The van der Waals surface area contributed by atoms with Gasteiger partial charge in [-0.1, -0.05) is 19.3 Å². The van der Waals surface area contributed by atoms with E-state index in [-0.39, 0.29) is 10.5 Å². The first kappa shape index (κ1) is 15.6. The maximum absolute atomic E-state index is 11.7. The Labute approximate surface area is 114 Å². The fraction of sp³-hybridized carbons (Fsp3) is 1.00. The molecular weight excluding hydrogens is 278 g/mol. The van der Waals surface area contributed by atoms with E-state index in [1.54, 1.807) is 11.8 Å². The van der Waals surface area contributed by atoms with Gasteiger partial charge in [-0.25, -0.2) is 13.1 Å². The highest BCUT2D eigenvalue weighted by atomic mass is 35.5. The van der Waals surface area contributed by atoms with Crippen LogP contribution in [0, 0.1) is 0 Å². The molecule has 0 radical (unpaired) electrons. The molecule has 102 valence electrons. The molecule has 1 saturated carbocycles. The molecule has 0 atom stereocenters. The van der Waals surface area contributed by atoms with Gasteiger partial charge in [-0.3, -0.25) is 0 Å². The van der Waals surface area contributed by atoms with Crippen LogP contribution in [0.1, 0.15) is 38.5 Å². The van der Waals surface area contributed by atoms with Gasteiger partial charge in [0.2, 0.25) is 10.0 Å². The Morgan fingerprint density at radius 1 is 1.29 bits per heavy atom. The van der Waals surface area contributed by atoms with Crippen molar-refractivity contribution in [2.45, 2.75) is 43.3 Å². The molecule has 0 aromatic heterocycles. The van der Waals surface area contributed by atoms with Crippen molar-refractivity contribution in [3.8, 4) is 0 Å². The summed E-state index contributed by atoms with van der Waals surface area (Å²) in [6.45, 7) is 0.568. The Morgan fingerprint density at radius 2 is 1.94 bits per heavy atom. The van der Waals surface area contributed by atoms with E-state index < -0.39 is 10.0 Å². The number of rotatable bonds is 7. The average Bonchev–Trinajstić information content (AvgIpc) is 2.35. The minimum absolute atomic E-state index is 0.117. The van der Waals surface area contributed by atoms with Crippen LogP contribution in [0.4, 0.5) is 0 Å². The second-order valence-electron chi connectivity index (χ2n) is 4.63. The minimum atomic E-state index is -3.14. The molecule has 1 fully saturated rings. The number of sulfonamides is 1. The van der Waals surface area contributed by atoms with Crippen molar-refractivity contribution in [1.82, 2.24) is 4.72 Å². The second-order valence-corrected chi connectivity index (χ2v) is 8.21. The highest BCUT2D eigenvalue weighted by Crippen LogP contribution is 2.38. The lowest BCUT2D eigenvalue weighted by atomic mass is 9.88. The molecule has 0 aliphatic heterocycles. The summed E-state index contributed by atoms with van der Waals surface area (Å²) in [6.07, 6.45) is 8.54. The zero-order valence-corrected chi connectivity index (χ0v) is 12.8. The van der Waals surface area contributed by atoms with E-state index in [1.807, 2.05) is 0 Å². The average molecular weight is 300 g/mol. The molecule has 0 bridgehead atoms. The van der Waals surface area contributed by atoms with E-state index >= 15 is 0 Å². The third-order valence-corrected chi connectivity index (χ3v) is 6.45. The lowest BCUT2D eigenvalue weighted by molar-refractivity contribution is 0.395. The summed E-state index contributed by atoms with van der Waals surface area (Å²) >= 11 is 7.32. The molecule has 17 heavy (non-hydrogen) atoms. The van der Waals surface area contributed by atoms with Gasteiger partial charge in [0.15, 0.2) is 0 Å². The zero-order valence-electron chi connectivity index (χ0n) is 10.4. The van der Waals surface area contributed by atoms with Gasteiger partial charge in [-0.2, -0.15) is 11.8 Å². The molecule has 1 N–H and O–H groups in total. The molecule has 6 heteroatoms. The second kappa shape index (κ2) is 7.22. The molecule has 3 nitrogen and oxygen atoms in total. The molecule has 1 rings (SSSR count). The predicted molar refractivity (Wildman–Crippen MR) is 76.5 cm³/mol. The number of nitrogens with one attached hydrogen (secondary N) is 1. The topological polar surface area (TPSA) is 46.2 Å². The summed E-state index contributed by atoms with van der Waals surface area (Å²) in [5.41, 5.74) is 0. The first-order valence-electron chi connectivity index (χ1n) is 6.12. The number of hydrogen-bond acceptors (Lipinski definition) is 3. The van der Waals surface area contributed by atoms with Crippen LogP contribution in [0.15, 0.2) is 0 Å². The van der Waals surface area contributed by atoms with Gasteiger partial charge in [-0.15, -0.1) is 11.6 Å². The third-order valence-electron chi connectivity index (χ3n) is 3.36. The van der Waals surface area contributed by atoms with Gasteiger partial charge < -0.3 is 0 Å². The van der Waals surface area contributed by atoms with E-state index in [2.05, 4.69) is 11.0 Å². The Kier molecular flexibility index (Phi) is 6.62. The van der Waals surface area contributed by atoms with Crippen LogP contribution >= 0.6 is 23.4 Å². The highest BCUT2D eigenvalue weighted by molar-refractivity contribution is 8.00. The molecule has 0 heterocycles. The van der Waals surface area contributed by atoms with Crippen LogP contribution < -0.4 is 4.72 Å². The lowest BCUT2D eigenvalue weighted by Gasteiger charge is -2.35. The summed E-state index contributed by atoms with van der Waals surface area (Å²) in [4.78, 5) is 0. The Hall–Kier alpha value is 0.550. The summed E-state index contributed by atoms with van der Waals surface area (Å²) in [7, 11) is -3.14. The van der Waals surface area contributed by atoms with E-state index in [9.17, 15) is 8.42 Å². The first-order valence-corrected chi connectivity index (χ1v) is 9.53. The standard InChI is InChI=1S/C11H22ClNO2S2/c1-16-11(6-3-2-4-7-11)10-13-17(14,15)9-5-8-12/h13H,2-10H2,1H3. The van der Waals surface area contributed by atoms with E-state index in [0.717, 1.165) is 12.8 Å². The summed E-state index contributed by atoms with van der Waals surface area (Å²) in [6, 6.07) is 0. The number of halogens is 1. The molecule has 0 unspecified atom stereocenters. The van der Waals surface area contributed by atoms with E-state index in [4.69, 9.17) is 11.6 Å². The third kappa shape index (κ3) is 5.37. The van der Waals surface area contributed by atoms with Gasteiger partial charge in [0.1, 0.15) is 0 Å². The quantitative estimate of drug-likeness (QED) is 0.735. The van der Waals surface area contributed by atoms with Crippen LogP contribution in [-0.4, -0.2) is 37.6 Å². The fourth-order valence-electron chi connectivity index (χ4n) is 2.21. The number of thioether (sulfide) groups is 1. The van der Waals surface area contributed by atoms with Crippen LogP contribution in [0.2, 0.25) is 0 Å². The molecule has 1 aliphatic carbocycles. The molecule has 0 saturated heterocycles. The Balaban J connectivity index is 2.46. The highest BCUT2D eigenvalue weighted by Gasteiger charge is 2.32. The van der Waals surface area contributed by atoms with Crippen molar-refractivity contribution in [2.75, 3.05) is 24.4 Å². The fourth-order valence-corrected chi connectivity index (χ4v) is 4.67. The van der Waals surface area contributed by atoms with E-state index in [1.165, 1.54) is 19.3 Å². The molecular formula is C11H22ClNO2S2. The van der Waals surface area contributed by atoms with Crippen LogP contribution in [-0.2, 0) is 10.0 Å². The summed E-state index contributed by atoms with van der Waals surface area (Å²) in [5.74, 6) is 0.537. The monoisotopic (exact) mass is 299 g/mol. The molecule has 0 aromatic rings. The Bertz CT molecular complexity index is 313. The van der Waals surface area contributed by atoms with Crippen LogP contribution in [0.5, 0.6) is 0 Å². The van der Waals surface area contributed by atoms with Gasteiger partial charge in [-0.05, 0) is 25.5 Å². The van der Waals surface area contributed by atoms with Gasteiger partial charge in [0.05, 0.1) is 5.75 Å². The maximum Gasteiger partial charge on any atom is 0.211 e. The van der Waals surface area contributed by atoms with E-state index in [0.29, 0.717) is 18.8 Å². The summed E-state index contributed by atoms with van der Waals surface area (Å²) in [5, 5.41) is 0. The zero-order chi connectivity index (χ0) is 12.8. The number of alkyl halides is 1. The summed E-state index contributed by atoms with van der Waals surface area (Å²) < 4.78 is 26.3. The smallest absolute Gasteiger partial charge is 0.211 e. The van der Waals surface area contributed by atoms with Crippen molar-refractivity contribution >= 4 is 33.4 Å². The number of hydrogen-bond donors (Lipinski definition) is 1.